The Labute approximate surface area is 168 Å². The third-order valence-electron chi connectivity index (χ3n) is 4.89. The Bertz CT molecular complexity index is 1130. The fourth-order valence-electron chi connectivity index (χ4n) is 3.39. The summed E-state index contributed by atoms with van der Waals surface area (Å²) in [6.45, 7) is 0. The fourth-order valence-corrected chi connectivity index (χ4v) is 3.39. The Hall–Kier alpha value is -3.86. The third-order valence-corrected chi connectivity index (χ3v) is 4.89. The number of Topliss-reactive ketones (excluding diaryl/α,β-unsaturated/α-hetero) is 1. The van der Waals surface area contributed by atoms with E-state index in [1.54, 1.807) is 61.7 Å². The number of benzene rings is 3. The molecule has 0 saturated heterocycles. The van der Waals surface area contributed by atoms with E-state index in [0.717, 1.165) is 5.56 Å². The van der Waals surface area contributed by atoms with E-state index in [4.69, 9.17) is 4.74 Å². The first-order chi connectivity index (χ1) is 14.0. The minimum absolute atomic E-state index is 0.0800. The van der Waals surface area contributed by atoms with Crippen LogP contribution in [0.5, 0.6) is 11.5 Å². The summed E-state index contributed by atoms with van der Waals surface area (Å²) in [7, 11) is 1.57. The molecule has 1 aliphatic rings. The lowest BCUT2D eigenvalue weighted by atomic mass is 10.1. The van der Waals surface area contributed by atoms with Crippen molar-refractivity contribution in [1.29, 1.82) is 0 Å². The lowest BCUT2D eigenvalue weighted by Gasteiger charge is -2.07. The molecule has 0 radical (unpaired) electrons. The molecule has 3 aromatic carbocycles. The number of phenols is 1. The Balaban J connectivity index is 1.53. The van der Waals surface area contributed by atoms with Gasteiger partial charge in [0.25, 0.3) is 5.91 Å². The van der Waals surface area contributed by atoms with Crippen LogP contribution in [0, 0.1) is 0 Å². The van der Waals surface area contributed by atoms with E-state index in [-0.39, 0.29) is 17.4 Å². The molecule has 0 aromatic heterocycles. The zero-order chi connectivity index (χ0) is 20.4. The predicted octanol–water partition coefficient (Wildman–Crippen LogP) is 4.48. The Morgan fingerprint density at radius 3 is 2.55 bits per heavy atom. The van der Waals surface area contributed by atoms with E-state index in [2.05, 4.69) is 5.32 Å². The van der Waals surface area contributed by atoms with Gasteiger partial charge in [0.2, 0.25) is 0 Å². The van der Waals surface area contributed by atoms with Crippen molar-refractivity contribution in [2.45, 2.75) is 6.42 Å². The highest BCUT2D eigenvalue weighted by Gasteiger charge is 2.26. The minimum Gasteiger partial charge on any atom is -0.508 e. The van der Waals surface area contributed by atoms with Crippen LogP contribution in [0.4, 0.5) is 5.69 Å². The van der Waals surface area contributed by atoms with Crippen LogP contribution in [0.15, 0.2) is 72.3 Å². The zero-order valence-electron chi connectivity index (χ0n) is 15.8. The summed E-state index contributed by atoms with van der Waals surface area (Å²) in [6, 6.07) is 19.1. The van der Waals surface area contributed by atoms with Gasteiger partial charge in [-0.3, -0.25) is 9.59 Å². The quantitative estimate of drug-likeness (QED) is 0.650. The van der Waals surface area contributed by atoms with E-state index < -0.39 is 0 Å². The number of ether oxygens (including phenoxy) is 1. The number of methoxy groups -OCH3 is 1. The number of hydrogen-bond donors (Lipinski definition) is 2. The van der Waals surface area contributed by atoms with Crippen LogP contribution in [0.3, 0.4) is 0 Å². The van der Waals surface area contributed by atoms with Crippen molar-refractivity contribution >= 4 is 23.5 Å². The largest absolute Gasteiger partial charge is 0.508 e. The Morgan fingerprint density at radius 1 is 1.07 bits per heavy atom. The van der Waals surface area contributed by atoms with Gasteiger partial charge in [-0.05, 0) is 54.1 Å². The van der Waals surface area contributed by atoms with Crippen molar-refractivity contribution in [2.75, 3.05) is 12.4 Å². The maximum absolute atomic E-state index is 12.6. The van der Waals surface area contributed by atoms with Crippen LogP contribution in [0.2, 0.25) is 0 Å². The number of amides is 1. The molecule has 144 valence electrons. The molecule has 29 heavy (non-hydrogen) atoms. The van der Waals surface area contributed by atoms with Gasteiger partial charge in [-0.1, -0.05) is 24.3 Å². The van der Waals surface area contributed by atoms with Crippen LogP contribution in [0.25, 0.3) is 6.08 Å². The number of carbonyl (C=O) groups excluding carboxylic acids is 2. The van der Waals surface area contributed by atoms with Gasteiger partial charge < -0.3 is 15.2 Å². The predicted molar refractivity (Wildman–Crippen MR) is 112 cm³/mol. The Morgan fingerprint density at radius 2 is 1.83 bits per heavy atom. The van der Waals surface area contributed by atoms with Gasteiger partial charge in [0.15, 0.2) is 5.78 Å². The normalized spacial score (nSPS) is 14.0. The number of anilines is 1. The number of phenolic OH excluding ortho intramolecular Hbond substituents is 1. The number of aromatic hydroxyl groups is 1. The van der Waals surface area contributed by atoms with Crippen molar-refractivity contribution < 1.29 is 19.4 Å². The van der Waals surface area contributed by atoms with Crippen molar-refractivity contribution in [3.8, 4) is 11.5 Å². The van der Waals surface area contributed by atoms with E-state index in [0.29, 0.717) is 40.1 Å². The first-order valence-electron chi connectivity index (χ1n) is 9.17. The SMILES string of the molecule is COc1ccc(C(=O)Nc2cccc(/C=C3/Cc4c(O)cccc4C3=O)c2)cc1. The highest BCUT2D eigenvalue weighted by molar-refractivity contribution is 6.16. The van der Waals surface area contributed by atoms with Gasteiger partial charge in [0.05, 0.1) is 7.11 Å². The number of allylic oxidation sites excluding steroid dienone is 1. The van der Waals surface area contributed by atoms with Gasteiger partial charge in [0.1, 0.15) is 11.5 Å². The molecule has 0 aliphatic heterocycles. The zero-order valence-corrected chi connectivity index (χ0v) is 15.8. The average Bonchev–Trinajstić information content (AvgIpc) is 3.05. The fraction of sp³-hybridized carbons (Fsp3) is 0.0833. The molecule has 0 atom stereocenters. The molecular formula is C24H19NO4. The molecule has 0 spiro atoms. The van der Waals surface area contributed by atoms with Crippen molar-refractivity contribution in [3.05, 3.63) is 94.6 Å². The monoisotopic (exact) mass is 385 g/mol. The van der Waals surface area contributed by atoms with Gasteiger partial charge >= 0.3 is 0 Å². The number of rotatable bonds is 4. The lowest BCUT2D eigenvalue weighted by Crippen LogP contribution is -2.11. The highest BCUT2D eigenvalue weighted by atomic mass is 16.5. The summed E-state index contributed by atoms with van der Waals surface area (Å²) in [5.74, 6) is 0.512. The van der Waals surface area contributed by atoms with Crippen LogP contribution < -0.4 is 10.1 Å². The molecule has 1 amide bonds. The van der Waals surface area contributed by atoms with Crippen molar-refractivity contribution in [1.82, 2.24) is 0 Å². The summed E-state index contributed by atoms with van der Waals surface area (Å²) in [4.78, 5) is 25.1. The molecule has 5 heteroatoms. The lowest BCUT2D eigenvalue weighted by molar-refractivity contribution is 0.102. The van der Waals surface area contributed by atoms with Crippen LogP contribution in [-0.2, 0) is 6.42 Å². The first-order valence-corrected chi connectivity index (χ1v) is 9.17. The number of carbonyl (C=O) groups is 2. The van der Waals surface area contributed by atoms with Crippen LogP contribution in [-0.4, -0.2) is 23.9 Å². The molecule has 0 unspecified atom stereocenters. The van der Waals surface area contributed by atoms with E-state index in [1.165, 1.54) is 0 Å². The minimum atomic E-state index is -0.230. The summed E-state index contributed by atoms with van der Waals surface area (Å²) >= 11 is 0. The number of hydrogen-bond acceptors (Lipinski definition) is 4. The third kappa shape index (κ3) is 3.75. The van der Waals surface area contributed by atoms with Gasteiger partial charge in [-0.15, -0.1) is 0 Å². The van der Waals surface area contributed by atoms with Gasteiger partial charge in [-0.2, -0.15) is 0 Å². The molecule has 0 bridgehead atoms. The number of fused-ring (bicyclic) bond motifs is 1. The molecule has 3 aromatic rings. The average molecular weight is 385 g/mol. The van der Waals surface area contributed by atoms with Crippen LogP contribution in [0.1, 0.15) is 31.8 Å². The Kier molecular flexibility index (Phi) is 4.87. The van der Waals surface area contributed by atoms with Crippen molar-refractivity contribution in [2.24, 2.45) is 0 Å². The molecular weight excluding hydrogens is 366 g/mol. The second-order valence-electron chi connectivity index (χ2n) is 6.79. The maximum atomic E-state index is 12.6. The maximum Gasteiger partial charge on any atom is 0.255 e. The topological polar surface area (TPSA) is 75.6 Å². The van der Waals surface area contributed by atoms with Gasteiger partial charge in [0, 0.05) is 34.4 Å². The number of nitrogens with one attached hydrogen (secondary N) is 1. The molecule has 2 N–H and O–H groups in total. The standard InChI is InChI=1S/C24H19NO4/c1-29-19-10-8-16(9-11-19)24(28)25-18-5-2-4-15(13-18)12-17-14-21-20(23(17)27)6-3-7-22(21)26/h2-13,26H,14H2,1H3,(H,25,28)/b17-12-. The highest BCUT2D eigenvalue weighted by Crippen LogP contribution is 2.33. The molecule has 4 rings (SSSR count). The molecule has 0 heterocycles. The summed E-state index contributed by atoms with van der Waals surface area (Å²) in [6.07, 6.45) is 2.19. The van der Waals surface area contributed by atoms with Gasteiger partial charge in [-0.25, -0.2) is 0 Å². The summed E-state index contributed by atoms with van der Waals surface area (Å²) in [5, 5.41) is 12.8. The van der Waals surface area contributed by atoms with E-state index in [1.807, 2.05) is 18.2 Å². The van der Waals surface area contributed by atoms with E-state index >= 15 is 0 Å². The first kappa shape index (κ1) is 18.5. The molecule has 5 nitrogen and oxygen atoms in total. The second-order valence-corrected chi connectivity index (χ2v) is 6.79. The molecule has 0 fully saturated rings. The van der Waals surface area contributed by atoms with E-state index in [9.17, 15) is 14.7 Å². The number of ketones is 1. The molecule has 0 saturated carbocycles. The van der Waals surface area contributed by atoms with Crippen LogP contribution >= 0.6 is 0 Å². The smallest absolute Gasteiger partial charge is 0.255 e. The molecule has 1 aliphatic carbocycles. The summed E-state index contributed by atoms with van der Waals surface area (Å²) < 4.78 is 5.10. The van der Waals surface area contributed by atoms with Crippen molar-refractivity contribution in [3.63, 3.8) is 0 Å². The summed E-state index contributed by atoms with van der Waals surface area (Å²) in [5.41, 5.74) is 3.76. The second kappa shape index (κ2) is 7.64.